The molecule has 0 aliphatic carbocycles. The summed E-state index contributed by atoms with van der Waals surface area (Å²) in [6, 6.07) is 5.94. The van der Waals surface area contributed by atoms with Gasteiger partial charge >= 0.3 is 0 Å². The minimum atomic E-state index is 0.125. The van der Waals surface area contributed by atoms with Crippen molar-refractivity contribution in [1.82, 2.24) is 20.2 Å². The Hall–Kier alpha value is -1.91. The molecule has 5 heteroatoms. The highest BCUT2D eigenvalue weighted by atomic mass is 15.5. The van der Waals surface area contributed by atoms with Gasteiger partial charge in [-0.3, -0.25) is 0 Å². The first-order valence-electron chi connectivity index (χ1n) is 6.94. The summed E-state index contributed by atoms with van der Waals surface area (Å²) in [6.45, 7) is 11.7. The molecule has 0 fully saturated rings. The van der Waals surface area contributed by atoms with E-state index in [1.54, 1.807) is 0 Å². The van der Waals surface area contributed by atoms with Gasteiger partial charge in [0.1, 0.15) is 0 Å². The van der Waals surface area contributed by atoms with Crippen LogP contribution in [0.3, 0.4) is 0 Å². The topological polar surface area (TPSA) is 69.6 Å². The lowest BCUT2D eigenvalue weighted by Gasteiger charge is -2.29. The molecule has 1 aromatic heterocycles. The van der Waals surface area contributed by atoms with Crippen LogP contribution in [0.15, 0.2) is 18.2 Å². The molecule has 0 spiro atoms. The molecule has 2 rings (SSSR count). The summed E-state index contributed by atoms with van der Waals surface area (Å²) >= 11 is 0. The van der Waals surface area contributed by atoms with E-state index in [0.29, 0.717) is 5.92 Å². The van der Waals surface area contributed by atoms with Gasteiger partial charge in [0, 0.05) is 11.3 Å². The monoisotopic (exact) mass is 273 g/mol. The second kappa shape index (κ2) is 5.23. The molecule has 0 bridgehead atoms. The van der Waals surface area contributed by atoms with E-state index in [-0.39, 0.29) is 5.41 Å². The molecular weight excluding hydrogens is 250 g/mol. The van der Waals surface area contributed by atoms with E-state index < -0.39 is 0 Å². The largest absolute Gasteiger partial charge is 0.398 e. The van der Waals surface area contributed by atoms with Gasteiger partial charge in [-0.05, 0) is 40.3 Å². The Morgan fingerprint density at radius 3 is 2.60 bits per heavy atom. The number of aromatic nitrogens is 4. The Morgan fingerprint density at radius 2 is 2.00 bits per heavy atom. The highest BCUT2D eigenvalue weighted by Gasteiger charge is 2.25. The summed E-state index contributed by atoms with van der Waals surface area (Å²) in [5, 5.41) is 12.1. The van der Waals surface area contributed by atoms with Crippen LogP contribution in [0.2, 0.25) is 0 Å². The lowest BCUT2D eigenvalue weighted by atomic mass is 9.81. The van der Waals surface area contributed by atoms with Crippen molar-refractivity contribution in [2.24, 2.45) is 11.3 Å². The van der Waals surface area contributed by atoms with Crippen LogP contribution in [0.1, 0.15) is 33.3 Å². The Balaban J connectivity index is 2.35. The quantitative estimate of drug-likeness (QED) is 0.870. The summed E-state index contributed by atoms with van der Waals surface area (Å²) in [7, 11) is 0. The van der Waals surface area contributed by atoms with Crippen LogP contribution in [0.5, 0.6) is 0 Å². The molecule has 1 heterocycles. The normalized spacial score (nSPS) is 12.1. The number of hydrogen-bond donors (Lipinski definition) is 1. The van der Waals surface area contributed by atoms with Crippen molar-refractivity contribution in [2.45, 2.75) is 41.2 Å². The third-order valence-corrected chi connectivity index (χ3v) is 4.19. The standard InChI is InChI=1S/C15H23N5/c1-10(2)15(4,5)9-20-14(17-18-19-20)12-7-6-11(3)13(16)8-12/h6-8,10H,9,16H2,1-5H3. The van der Waals surface area contributed by atoms with Gasteiger partial charge in [0.2, 0.25) is 0 Å². The Bertz CT molecular complexity index is 598. The summed E-state index contributed by atoms with van der Waals surface area (Å²) < 4.78 is 1.87. The van der Waals surface area contributed by atoms with Gasteiger partial charge in [-0.25, -0.2) is 4.68 Å². The van der Waals surface area contributed by atoms with Crippen LogP contribution in [0.4, 0.5) is 5.69 Å². The lowest BCUT2D eigenvalue weighted by Crippen LogP contribution is -2.26. The Kier molecular flexibility index (Phi) is 3.79. The first kappa shape index (κ1) is 14.5. The third-order valence-electron chi connectivity index (χ3n) is 4.19. The fraction of sp³-hybridized carbons (Fsp3) is 0.533. The molecule has 2 N–H and O–H groups in total. The van der Waals surface area contributed by atoms with Gasteiger partial charge in [-0.15, -0.1) is 5.10 Å². The second-order valence-corrected chi connectivity index (χ2v) is 6.37. The molecule has 0 atom stereocenters. The Labute approximate surface area is 120 Å². The van der Waals surface area contributed by atoms with Crippen LogP contribution >= 0.6 is 0 Å². The fourth-order valence-electron chi connectivity index (χ4n) is 1.87. The first-order valence-corrected chi connectivity index (χ1v) is 6.94. The zero-order valence-electron chi connectivity index (χ0n) is 12.9. The fourth-order valence-corrected chi connectivity index (χ4v) is 1.87. The van der Waals surface area contributed by atoms with Crippen LogP contribution < -0.4 is 5.73 Å². The number of rotatable bonds is 4. The van der Waals surface area contributed by atoms with Crippen molar-refractivity contribution in [2.75, 3.05) is 5.73 Å². The van der Waals surface area contributed by atoms with Gasteiger partial charge in [0.25, 0.3) is 0 Å². The van der Waals surface area contributed by atoms with Crippen molar-refractivity contribution < 1.29 is 0 Å². The van der Waals surface area contributed by atoms with Gasteiger partial charge in [0.15, 0.2) is 5.82 Å². The number of tetrazole rings is 1. The van der Waals surface area contributed by atoms with Crippen LogP contribution in [0, 0.1) is 18.3 Å². The zero-order chi connectivity index (χ0) is 14.9. The summed E-state index contributed by atoms with van der Waals surface area (Å²) in [5.74, 6) is 1.31. The molecule has 0 saturated carbocycles. The Morgan fingerprint density at radius 1 is 1.30 bits per heavy atom. The number of hydrogen-bond acceptors (Lipinski definition) is 4. The third kappa shape index (κ3) is 2.81. The summed E-state index contributed by atoms with van der Waals surface area (Å²) in [5.41, 5.74) is 8.89. The average molecular weight is 273 g/mol. The maximum atomic E-state index is 5.97. The van der Waals surface area contributed by atoms with Gasteiger partial charge in [0.05, 0.1) is 6.54 Å². The van der Waals surface area contributed by atoms with E-state index in [1.165, 1.54) is 0 Å². The molecule has 20 heavy (non-hydrogen) atoms. The van der Waals surface area contributed by atoms with E-state index in [2.05, 4.69) is 43.2 Å². The number of nitrogen functional groups attached to an aromatic ring is 1. The van der Waals surface area contributed by atoms with E-state index in [0.717, 1.165) is 29.2 Å². The number of aryl methyl sites for hydroxylation is 1. The average Bonchev–Trinajstić information content (AvgIpc) is 2.80. The van der Waals surface area contributed by atoms with Crippen LogP contribution in [-0.4, -0.2) is 20.2 Å². The van der Waals surface area contributed by atoms with Crippen molar-refractivity contribution in [1.29, 1.82) is 0 Å². The van der Waals surface area contributed by atoms with Crippen molar-refractivity contribution in [3.63, 3.8) is 0 Å². The molecule has 2 aromatic rings. The zero-order valence-corrected chi connectivity index (χ0v) is 12.9. The van der Waals surface area contributed by atoms with Crippen molar-refractivity contribution >= 4 is 5.69 Å². The summed E-state index contributed by atoms with van der Waals surface area (Å²) in [4.78, 5) is 0. The highest BCUT2D eigenvalue weighted by Crippen LogP contribution is 2.30. The molecule has 5 nitrogen and oxygen atoms in total. The number of benzene rings is 1. The van der Waals surface area contributed by atoms with Crippen LogP contribution in [0.25, 0.3) is 11.4 Å². The predicted octanol–water partition coefficient (Wildman–Crippen LogP) is 2.91. The first-order chi connectivity index (χ1) is 9.31. The maximum absolute atomic E-state index is 5.97. The minimum absolute atomic E-state index is 0.125. The summed E-state index contributed by atoms with van der Waals surface area (Å²) in [6.07, 6.45) is 0. The number of anilines is 1. The predicted molar refractivity (Wildman–Crippen MR) is 81.0 cm³/mol. The molecule has 0 aliphatic heterocycles. The molecule has 0 unspecified atom stereocenters. The molecule has 0 amide bonds. The van der Waals surface area contributed by atoms with Crippen LogP contribution in [-0.2, 0) is 6.54 Å². The molecule has 1 aromatic carbocycles. The molecule has 0 saturated heterocycles. The SMILES string of the molecule is Cc1ccc(-c2nnnn2CC(C)(C)C(C)C)cc1N. The van der Waals surface area contributed by atoms with Gasteiger partial charge < -0.3 is 5.73 Å². The highest BCUT2D eigenvalue weighted by molar-refractivity contribution is 5.63. The van der Waals surface area contributed by atoms with E-state index in [4.69, 9.17) is 5.73 Å². The van der Waals surface area contributed by atoms with Crippen molar-refractivity contribution in [3.8, 4) is 11.4 Å². The number of nitrogens with zero attached hydrogens (tertiary/aromatic N) is 4. The maximum Gasteiger partial charge on any atom is 0.182 e. The van der Waals surface area contributed by atoms with Gasteiger partial charge in [-0.1, -0.05) is 39.8 Å². The number of nitrogens with two attached hydrogens (primary N) is 1. The van der Waals surface area contributed by atoms with Gasteiger partial charge in [-0.2, -0.15) is 0 Å². The van der Waals surface area contributed by atoms with E-state index in [1.807, 2.05) is 29.8 Å². The minimum Gasteiger partial charge on any atom is -0.398 e. The van der Waals surface area contributed by atoms with E-state index >= 15 is 0 Å². The smallest absolute Gasteiger partial charge is 0.182 e. The lowest BCUT2D eigenvalue weighted by molar-refractivity contribution is 0.200. The molecule has 0 radical (unpaired) electrons. The second-order valence-electron chi connectivity index (χ2n) is 6.37. The molecule has 0 aliphatic rings. The molecular formula is C15H23N5. The van der Waals surface area contributed by atoms with Crippen molar-refractivity contribution in [3.05, 3.63) is 23.8 Å². The molecule has 108 valence electrons. The van der Waals surface area contributed by atoms with E-state index in [9.17, 15) is 0 Å².